The third kappa shape index (κ3) is 5.02. The van der Waals surface area contributed by atoms with Crippen LogP contribution >= 0.6 is 0 Å². The molecule has 1 aromatic rings. The van der Waals surface area contributed by atoms with Crippen molar-refractivity contribution < 1.29 is 32.3 Å². The normalized spacial score (nSPS) is 22.6. The minimum atomic E-state index is -3.06. The number of sulfone groups is 1. The predicted octanol–water partition coefficient (Wildman–Crippen LogP) is 0.0289. The monoisotopic (exact) mass is 439 g/mol. The number of ether oxygens (including phenoxy) is 2. The third-order valence-electron chi connectivity index (χ3n) is 5.30. The Bertz CT molecular complexity index is 947. The fourth-order valence-electron chi connectivity index (χ4n) is 3.70. The van der Waals surface area contributed by atoms with Crippen molar-refractivity contribution in [1.29, 1.82) is 0 Å². The van der Waals surface area contributed by atoms with Crippen molar-refractivity contribution in [3.05, 3.63) is 18.2 Å². The van der Waals surface area contributed by atoms with E-state index in [1.807, 2.05) is 0 Å². The van der Waals surface area contributed by atoms with Crippen LogP contribution in [0.5, 0.6) is 11.5 Å². The zero-order valence-corrected chi connectivity index (χ0v) is 17.7. The lowest BCUT2D eigenvalue weighted by molar-refractivity contribution is -0.131. The van der Waals surface area contributed by atoms with Gasteiger partial charge in [-0.05, 0) is 24.5 Å². The van der Waals surface area contributed by atoms with Crippen molar-refractivity contribution in [2.45, 2.75) is 19.3 Å². The summed E-state index contributed by atoms with van der Waals surface area (Å²) in [5, 5.41) is 0. The Hall–Kier alpha value is -2.82. The van der Waals surface area contributed by atoms with E-state index in [1.54, 1.807) is 18.2 Å². The summed E-state index contributed by atoms with van der Waals surface area (Å²) in [7, 11) is -0.0660. The summed E-state index contributed by atoms with van der Waals surface area (Å²) in [6.45, 7) is 0.130. The Morgan fingerprint density at radius 2 is 1.97 bits per heavy atom. The van der Waals surface area contributed by atoms with Gasteiger partial charge in [-0.3, -0.25) is 25.2 Å². The fourth-order valence-corrected chi connectivity index (χ4v) is 5.57. The van der Waals surface area contributed by atoms with Gasteiger partial charge in [0.05, 0.1) is 37.3 Å². The second-order valence-corrected chi connectivity index (χ2v) is 9.68. The minimum Gasteiger partial charge on any atom is -0.497 e. The molecule has 30 heavy (non-hydrogen) atoms. The highest BCUT2D eigenvalue weighted by molar-refractivity contribution is 7.91. The average Bonchev–Trinajstić information content (AvgIpc) is 3.27. The minimum absolute atomic E-state index is 0.0110. The lowest BCUT2D eigenvalue weighted by Gasteiger charge is -2.20. The first-order valence-corrected chi connectivity index (χ1v) is 11.4. The Kier molecular flexibility index (Phi) is 6.49. The molecule has 0 aliphatic carbocycles. The summed E-state index contributed by atoms with van der Waals surface area (Å²) >= 11 is 0. The van der Waals surface area contributed by atoms with Gasteiger partial charge in [-0.15, -0.1) is 0 Å². The zero-order chi connectivity index (χ0) is 21.9. The second-order valence-electron chi connectivity index (χ2n) is 7.45. The molecule has 2 N–H and O–H groups in total. The van der Waals surface area contributed by atoms with Crippen LogP contribution in [0.25, 0.3) is 0 Å². The molecule has 10 nitrogen and oxygen atoms in total. The summed E-state index contributed by atoms with van der Waals surface area (Å²) in [5.41, 5.74) is 5.16. The van der Waals surface area contributed by atoms with Gasteiger partial charge >= 0.3 is 0 Å². The van der Waals surface area contributed by atoms with Gasteiger partial charge in [0.15, 0.2) is 9.84 Å². The van der Waals surface area contributed by atoms with E-state index in [9.17, 15) is 22.8 Å². The quantitative estimate of drug-likeness (QED) is 0.598. The van der Waals surface area contributed by atoms with E-state index >= 15 is 0 Å². The summed E-state index contributed by atoms with van der Waals surface area (Å²) in [6.07, 6.45) is 0.456. The summed E-state index contributed by atoms with van der Waals surface area (Å²) < 4.78 is 33.5. The number of amides is 3. The first kappa shape index (κ1) is 21.9. The molecule has 2 atom stereocenters. The smallest absolute Gasteiger partial charge is 0.243 e. The van der Waals surface area contributed by atoms with E-state index < -0.39 is 27.6 Å². The van der Waals surface area contributed by atoms with Crippen LogP contribution in [0, 0.1) is 11.8 Å². The van der Waals surface area contributed by atoms with Crippen LogP contribution in [-0.4, -0.2) is 58.4 Å². The summed E-state index contributed by atoms with van der Waals surface area (Å²) in [6, 6.07) is 5.05. The van der Waals surface area contributed by atoms with Gasteiger partial charge in [0.1, 0.15) is 11.5 Å². The number of hydrogen-bond donors (Lipinski definition) is 2. The number of benzene rings is 1. The van der Waals surface area contributed by atoms with E-state index in [0.29, 0.717) is 23.6 Å². The summed E-state index contributed by atoms with van der Waals surface area (Å²) in [4.78, 5) is 38.4. The Labute approximate surface area is 174 Å². The second kappa shape index (κ2) is 8.90. The highest BCUT2D eigenvalue weighted by atomic mass is 32.2. The molecule has 2 fully saturated rings. The van der Waals surface area contributed by atoms with Crippen LogP contribution in [0.1, 0.15) is 19.3 Å². The largest absolute Gasteiger partial charge is 0.497 e. The first-order chi connectivity index (χ1) is 14.2. The van der Waals surface area contributed by atoms with E-state index in [4.69, 9.17) is 9.47 Å². The van der Waals surface area contributed by atoms with Gasteiger partial charge in [-0.2, -0.15) is 0 Å². The van der Waals surface area contributed by atoms with Crippen LogP contribution in [0.3, 0.4) is 0 Å². The van der Waals surface area contributed by atoms with E-state index in [-0.39, 0.29) is 42.7 Å². The Balaban J connectivity index is 1.56. The number of hydrazine groups is 1. The maximum atomic E-state index is 12.5. The molecule has 0 aromatic heterocycles. The number of nitrogens with zero attached hydrogens (tertiary/aromatic N) is 1. The molecule has 164 valence electrons. The molecule has 3 rings (SSSR count). The molecule has 2 saturated heterocycles. The van der Waals surface area contributed by atoms with Crippen LogP contribution in [0.15, 0.2) is 18.2 Å². The van der Waals surface area contributed by atoms with Crippen LogP contribution < -0.4 is 25.2 Å². The maximum Gasteiger partial charge on any atom is 0.243 e. The lowest BCUT2D eigenvalue weighted by Crippen LogP contribution is -2.45. The average molecular weight is 439 g/mol. The van der Waals surface area contributed by atoms with Crippen molar-refractivity contribution in [1.82, 2.24) is 10.9 Å². The van der Waals surface area contributed by atoms with Gasteiger partial charge in [-0.25, -0.2) is 8.42 Å². The van der Waals surface area contributed by atoms with E-state index in [2.05, 4.69) is 10.9 Å². The van der Waals surface area contributed by atoms with Gasteiger partial charge < -0.3 is 14.4 Å². The molecular weight excluding hydrogens is 414 g/mol. The molecular formula is C19H25N3O7S. The van der Waals surface area contributed by atoms with Crippen molar-refractivity contribution >= 4 is 33.2 Å². The zero-order valence-electron chi connectivity index (χ0n) is 16.8. The molecule has 11 heteroatoms. The van der Waals surface area contributed by atoms with Crippen LogP contribution in [-0.2, 0) is 24.2 Å². The number of methoxy groups -OCH3 is 2. The predicted molar refractivity (Wildman–Crippen MR) is 108 cm³/mol. The number of anilines is 1. The van der Waals surface area contributed by atoms with Gasteiger partial charge in [0.25, 0.3) is 0 Å². The van der Waals surface area contributed by atoms with Crippen molar-refractivity contribution in [3.63, 3.8) is 0 Å². The lowest BCUT2D eigenvalue weighted by atomic mass is 10.1. The molecule has 2 heterocycles. The molecule has 0 radical (unpaired) electrons. The van der Waals surface area contributed by atoms with Crippen LogP contribution in [0.4, 0.5) is 5.69 Å². The van der Waals surface area contributed by atoms with E-state index in [0.717, 1.165) is 0 Å². The highest BCUT2D eigenvalue weighted by Crippen LogP contribution is 2.36. The summed E-state index contributed by atoms with van der Waals surface area (Å²) in [5.74, 6) is -0.979. The number of rotatable bonds is 6. The number of carbonyl (C=O) groups excluding carboxylic acids is 3. The first-order valence-electron chi connectivity index (χ1n) is 9.54. The van der Waals surface area contributed by atoms with Crippen molar-refractivity contribution in [2.24, 2.45) is 11.8 Å². The van der Waals surface area contributed by atoms with Gasteiger partial charge in [0, 0.05) is 25.5 Å². The molecule has 0 saturated carbocycles. The number of hydrogen-bond acceptors (Lipinski definition) is 7. The SMILES string of the molecule is COc1ccc(OC)c(N2CC(C(=O)NNC(=O)CC3CCS(=O)(=O)C3)CC2=O)c1. The van der Waals surface area contributed by atoms with Crippen LogP contribution in [0.2, 0.25) is 0 Å². The third-order valence-corrected chi connectivity index (χ3v) is 7.14. The molecule has 2 aliphatic rings. The highest BCUT2D eigenvalue weighted by Gasteiger charge is 2.37. The molecule has 2 aliphatic heterocycles. The Morgan fingerprint density at radius 3 is 2.60 bits per heavy atom. The van der Waals surface area contributed by atoms with Crippen molar-refractivity contribution in [3.8, 4) is 11.5 Å². The molecule has 2 unspecified atom stereocenters. The molecule has 0 spiro atoms. The Morgan fingerprint density at radius 1 is 1.20 bits per heavy atom. The van der Waals surface area contributed by atoms with Gasteiger partial charge in [-0.1, -0.05) is 0 Å². The number of nitrogens with one attached hydrogen (secondary N) is 2. The fraction of sp³-hybridized carbons (Fsp3) is 0.526. The molecule has 1 aromatic carbocycles. The van der Waals surface area contributed by atoms with E-state index in [1.165, 1.54) is 19.1 Å². The molecule has 0 bridgehead atoms. The standard InChI is InChI=1S/C19H25N3O7S/c1-28-14-3-4-16(29-2)15(9-14)22-10-13(8-18(22)24)19(25)21-20-17(23)7-12-5-6-30(26,27)11-12/h3-4,9,12-13H,5-8,10-11H2,1-2H3,(H,20,23)(H,21,25). The topological polar surface area (TPSA) is 131 Å². The number of carbonyl (C=O) groups is 3. The van der Waals surface area contributed by atoms with Crippen molar-refractivity contribution in [2.75, 3.05) is 37.2 Å². The maximum absolute atomic E-state index is 12.5. The molecule has 3 amide bonds. The van der Waals surface area contributed by atoms with Gasteiger partial charge in [0.2, 0.25) is 17.7 Å².